The fourth-order valence-electron chi connectivity index (χ4n) is 4.38. The molecule has 1 aromatic heterocycles. The van der Waals surface area contributed by atoms with E-state index in [0.717, 1.165) is 36.0 Å². The Morgan fingerprint density at radius 3 is 2.46 bits per heavy atom. The van der Waals surface area contributed by atoms with Crippen molar-refractivity contribution >= 4 is 17.4 Å². The van der Waals surface area contributed by atoms with E-state index in [-0.39, 0.29) is 11.3 Å². The molecule has 1 fully saturated rings. The topological polar surface area (TPSA) is 79.7 Å². The first kappa shape index (κ1) is 24.2. The molecule has 1 aliphatic rings. The van der Waals surface area contributed by atoms with Crippen molar-refractivity contribution in [3.8, 4) is 5.75 Å². The lowest BCUT2D eigenvalue weighted by Crippen LogP contribution is -2.30. The molecule has 0 saturated carbocycles. The van der Waals surface area contributed by atoms with Gasteiger partial charge >= 0.3 is 0 Å². The largest absolute Gasteiger partial charge is 0.507 e. The molecule has 1 saturated heterocycles. The number of ether oxygens (including phenoxy) is 1. The molecule has 1 unspecified atom stereocenters. The third-order valence-corrected chi connectivity index (χ3v) is 6.25. The summed E-state index contributed by atoms with van der Waals surface area (Å²) in [6.07, 6.45) is 6.00. The smallest absolute Gasteiger partial charge is 0.295 e. The number of aliphatic hydroxyl groups excluding tert-OH is 1. The minimum atomic E-state index is -0.664. The van der Waals surface area contributed by atoms with E-state index < -0.39 is 17.7 Å². The van der Waals surface area contributed by atoms with Crippen molar-refractivity contribution < 1.29 is 19.4 Å². The van der Waals surface area contributed by atoms with Gasteiger partial charge < -0.3 is 14.7 Å². The van der Waals surface area contributed by atoms with Crippen LogP contribution < -0.4 is 4.74 Å². The maximum Gasteiger partial charge on any atom is 0.295 e. The summed E-state index contributed by atoms with van der Waals surface area (Å²) in [7, 11) is 0. The quantitative estimate of drug-likeness (QED) is 0.191. The molecule has 0 aliphatic carbocycles. The molecule has 6 heteroatoms. The Bertz CT molecular complexity index is 1220. The molecule has 0 spiro atoms. The maximum absolute atomic E-state index is 13.1. The Morgan fingerprint density at radius 2 is 1.77 bits per heavy atom. The van der Waals surface area contributed by atoms with Crippen molar-refractivity contribution in [3.63, 3.8) is 0 Å². The summed E-state index contributed by atoms with van der Waals surface area (Å²) in [5, 5.41) is 11.3. The number of aryl methyl sites for hydroxylation is 1. The normalized spacial score (nSPS) is 17.1. The lowest BCUT2D eigenvalue weighted by molar-refractivity contribution is -0.139. The van der Waals surface area contributed by atoms with Gasteiger partial charge in [0.05, 0.1) is 11.6 Å². The van der Waals surface area contributed by atoms with E-state index in [1.807, 2.05) is 37.3 Å². The second-order valence-electron chi connectivity index (χ2n) is 8.73. The van der Waals surface area contributed by atoms with Gasteiger partial charge in [0.25, 0.3) is 11.7 Å². The minimum absolute atomic E-state index is 0.107. The molecular formula is C29H30N2O4. The van der Waals surface area contributed by atoms with Gasteiger partial charge in [0.15, 0.2) is 0 Å². The summed E-state index contributed by atoms with van der Waals surface area (Å²) in [6, 6.07) is 18.1. The number of hydrogen-bond donors (Lipinski definition) is 1. The van der Waals surface area contributed by atoms with Crippen molar-refractivity contribution in [1.82, 2.24) is 9.88 Å². The number of benzene rings is 2. The van der Waals surface area contributed by atoms with E-state index in [4.69, 9.17) is 4.74 Å². The van der Waals surface area contributed by atoms with Gasteiger partial charge in [-0.2, -0.15) is 0 Å². The maximum atomic E-state index is 13.1. The number of aromatic nitrogens is 1. The summed E-state index contributed by atoms with van der Waals surface area (Å²) in [5.41, 5.74) is 3.20. The predicted molar refractivity (Wildman–Crippen MR) is 135 cm³/mol. The van der Waals surface area contributed by atoms with Gasteiger partial charge in [0.2, 0.25) is 0 Å². The van der Waals surface area contributed by atoms with Crippen LogP contribution in [0, 0.1) is 6.92 Å². The number of nitrogens with zero attached hydrogens (tertiary/aromatic N) is 2. The second kappa shape index (κ2) is 11.0. The molecule has 180 valence electrons. The summed E-state index contributed by atoms with van der Waals surface area (Å²) in [5.74, 6) is -0.733. The van der Waals surface area contributed by atoms with E-state index >= 15 is 0 Å². The number of aliphatic hydroxyl groups is 1. The third-order valence-electron chi connectivity index (χ3n) is 6.25. The molecule has 3 aromatic rings. The SMILES string of the molecule is CCCCCN1C(=O)C(=O)/C(=C(/O)c2ccc(OCc3ccccc3)c(C)c2)C1c1ccncc1. The Kier molecular flexibility index (Phi) is 7.60. The van der Waals surface area contributed by atoms with Crippen LogP contribution in [0.5, 0.6) is 5.75 Å². The van der Waals surface area contributed by atoms with Crippen molar-refractivity contribution in [3.05, 3.63) is 101 Å². The van der Waals surface area contributed by atoms with Gasteiger partial charge in [-0.15, -0.1) is 0 Å². The van der Waals surface area contributed by atoms with E-state index in [1.54, 1.807) is 47.6 Å². The number of rotatable bonds is 9. The highest BCUT2D eigenvalue weighted by Gasteiger charge is 2.45. The summed E-state index contributed by atoms with van der Waals surface area (Å²) < 4.78 is 5.95. The number of unbranched alkanes of at least 4 members (excludes halogenated alkanes) is 2. The van der Waals surface area contributed by atoms with Gasteiger partial charge in [0, 0.05) is 24.5 Å². The van der Waals surface area contributed by atoms with Crippen molar-refractivity contribution in [2.24, 2.45) is 0 Å². The van der Waals surface area contributed by atoms with Crippen LogP contribution in [0.3, 0.4) is 0 Å². The average molecular weight is 471 g/mol. The molecule has 2 heterocycles. The lowest BCUT2D eigenvalue weighted by atomic mass is 9.95. The lowest BCUT2D eigenvalue weighted by Gasteiger charge is -2.25. The Hall–Kier alpha value is -3.93. The van der Waals surface area contributed by atoms with E-state index in [1.165, 1.54) is 0 Å². The highest BCUT2D eigenvalue weighted by atomic mass is 16.5. The highest BCUT2D eigenvalue weighted by molar-refractivity contribution is 6.46. The number of hydrogen-bond acceptors (Lipinski definition) is 5. The number of Topliss-reactive ketones (excluding diaryl/α,β-unsaturated/α-hetero) is 1. The van der Waals surface area contributed by atoms with Crippen LogP contribution in [0.4, 0.5) is 0 Å². The first-order chi connectivity index (χ1) is 17.0. The number of ketones is 1. The Balaban J connectivity index is 1.66. The van der Waals surface area contributed by atoms with Crippen molar-refractivity contribution in [2.75, 3.05) is 6.54 Å². The predicted octanol–water partition coefficient (Wildman–Crippen LogP) is 5.58. The zero-order valence-electron chi connectivity index (χ0n) is 20.1. The van der Waals surface area contributed by atoms with Crippen LogP contribution in [0.25, 0.3) is 5.76 Å². The Labute approximate surface area is 205 Å². The number of carbonyl (C=O) groups excluding carboxylic acids is 2. The molecule has 1 aliphatic heterocycles. The Morgan fingerprint density at radius 1 is 1.03 bits per heavy atom. The number of amides is 1. The molecular weight excluding hydrogens is 440 g/mol. The van der Waals surface area contributed by atoms with Crippen LogP contribution in [0.1, 0.15) is 54.5 Å². The minimum Gasteiger partial charge on any atom is -0.507 e. The molecule has 1 N–H and O–H groups in total. The third kappa shape index (κ3) is 5.27. The van der Waals surface area contributed by atoms with Crippen LogP contribution >= 0.6 is 0 Å². The van der Waals surface area contributed by atoms with Crippen LogP contribution in [0.2, 0.25) is 0 Å². The van der Waals surface area contributed by atoms with E-state index in [2.05, 4.69) is 11.9 Å². The van der Waals surface area contributed by atoms with Crippen LogP contribution in [0.15, 0.2) is 78.6 Å². The fourth-order valence-corrected chi connectivity index (χ4v) is 4.38. The zero-order valence-corrected chi connectivity index (χ0v) is 20.1. The first-order valence-electron chi connectivity index (χ1n) is 12.0. The second-order valence-corrected chi connectivity index (χ2v) is 8.73. The molecule has 1 amide bonds. The molecule has 0 bridgehead atoms. The van der Waals surface area contributed by atoms with Gasteiger partial charge in [-0.3, -0.25) is 14.6 Å². The van der Waals surface area contributed by atoms with Gasteiger partial charge in [-0.1, -0.05) is 50.1 Å². The zero-order chi connectivity index (χ0) is 24.8. The summed E-state index contributed by atoms with van der Waals surface area (Å²) >= 11 is 0. The van der Waals surface area contributed by atoms with E-state index in [0.29, 0.717) is 24.5 Å². The highest BCUT2D eigenvalue weighted by Crippen LogP contribution is 2.39. The monoisotopic (exact) mass is 470 g/mol. The van der Waals surface area contributed by atoms with Gasteiger partial charge in [-0.25, -0.2) is 0 Å². The molecule has 2 aromatic carbocycles. The summed E-state index contributed by atoms with van der Waals surface area (Å²) in [6.45, 7) is 4.86. The standard InChI is InChI=1S/C29H30N2O4/c1-3-4-8-17-31-26(22-13-15-30-16-14-22)25(28(33)29(31)34)27(32)23-11-12-24(20(2)18-23)35-19-21-9-6-5-7-10-21/h5-7,9-16,18,26,32H,3-4,8,17,19H2,1-2H3/b27-25+. The molecule has 4 rings (SSSR count). The molecule has 35 heavy (non-hydrogen) atoms. The molecule has 0 radical (unpaired) electrons. The number of pyridine rings is 1. The molecule has 6 nitrogen and oxygen atoms in total. The van der Waals surface area contributed by atoms with Crippen molar-refractivity contribution in [1.29, 1.82) is 0 Å². The van der Waals surface area contributed by atoms with Gasteiger partial charge in [-0.05, 0) is 60.4 Å². The molecule has 1 atom stereocenters. The number of likely N-dealkylation sites (tertiary alicyclic amines) is 1. The van der Waals surface area contributed by atoms with Gasteiger partial charge in [0.1, 0.15) is 18.1 Å². The number of carbonyl (C=O) groups is 2. The summed E-state index contributed by atoms with van der Waals surface area (Å²) in [4.78, 5) is 31.7. The average Bonchev–Trinajstić information content (AvgIpc) is 3.14. The van der Waals surface area contributed by atoms with Crippen molar-refractivity contribution in [2.45, 2.75) is 45.8 Å². The van der Waals surface area contributed by atoms with Crippen LogP contribution in [-0.2, 0) is 16.2 Å². The first-order valence-corrected chi connectivity index (χ1v) is 12.0. The fraction of sp³-hybridized carbons (Fsp3) is 0.276. The van der Waals surface area contributed by atoms with E-state index in [9.17, 15) is 14.7 Å². The van der Waals surface area contributed by atoms with Crippen LogP contribution in [-0.4, -0.2) is 33.2 Å².